The third kappa shape index (κ3) is 6.96. The van der Waals surface area contributed by atoms with Gasteiger partial charge in [-0.1, -0.05) is 35.9 Å². The molecule has 1 fully saturated rings. The van der Waals surface area contributed by atoms with Gasteiger partial charge in [0.15, 0.2) is 5.78 Å². The normalized spacial score (nSPS) is 17.7. The van der Waals surface area contributed by atoms with E-state index in [1.165, 1.54) is 11.3 Å². The van der Waals surface area contributed by atoms with Crippen LogP contribution < -0.4 is 15.0 Å². The van der Waals surface area contributed by atoms with Crippen LogP contribution in [0.15, 0.2) is 54.9 Å². The molecule has 0 saturated heterocycles. The number of carbonyl (C=O) groups is 1. The molecular weight excluding hydrogens is 564 g/mol. The Kier molecular flexibility index (Phi) is 10.1. The first-order chi connectivity index (χ1) is 20.4. The zero-order valence-corrected chi connectivity index (χ0v) is 26.6. The van der Waals surface area contributed by atoms with E-state index in [4.69, 9.17) is 16.3 Å². The van der Waals surface area contributed by atoms with Crippen molar-refractivity contribution < 1.29 is 9.53 Å². The molecule has 0 amide bonds. The first kappa shape index (κ1) is 30.5. The lowest BCUT2D eigenvalue weighted by atomic mass is 9.74. The average Bonchev–Trinajstić information content (AvgIpc) is 3.36. The molecular formula is C34H41ClN4O2S. The number of nitrogens with zero attached hydrogens (tertiary/aromatic N) is 3. The van der Waals surface area contributed by atoms with Gasteiger partial charge >= 0.3 is 0 Å². The summed E-state index contributed by atoms with van der Waals surface area (Å²) in [6.07, 6.45) is 10.6. The summed E-state index contributed by atoms with van der Waals surface area (Å²) in [4.78, 5) is 25.4. The summed E-state index contributed by atoms with van der Waals surface area (Å²) in [7, 11) is 5.92. The van der Waals surface area contributed by atoms with Gasteiger partial charge in [0.1, 0.15) is 5.75 Å². The van der Waals surface area contributed by atoms with Crippen molar-refractivity contribution in [3.05, 3.63) is 70.3 Å². The number of aromatic nitrogens is 2. The van der Waals surface area contributed by atoms with E-state index in [1.807, 2.05) is 62.6 Å². The quantitative estimate of drug-likeness (QED) is 0.165. The average molecular weight is 605 g/mol. The molecule has 4 aromatic rings. The molecule has 1 aliphatic carbocycles. The van der Waals surface area contributed by atoms with Crippen LogP contribution in [0.1, 0.15) is 60.7 Å². The molecule has 2 aromatic carbocycles. The van der Waals surface area contributed by atoms with Crippen molar-refractivity contribution in [1.29, 1.82) is 0 Å². The minimum absolute atomic E-state index is 0.166. The second kappa shape index (κ2) is 14.0. The number of rotatable bonds is 12. The lowest BCUT2D eigenvalue weighted by molar-refractivity contribution is 0.0925. The van der Waals surface area contributed by atoms with Gasteiger partial charge in [-0.25, -0.2) is 9.97 Å². The van der Waals surface area contributed by atoms with Crippen LogP contribution in [0.4, 0.5) is 5.95 Å². The third-order valence-corrected chi connectivity index (χ3v) is 10.3. The Balaban J connectivity index is 1.39. The topological polar surface area (TPSA) is 67.3 Å². The molecule has 0 bridgehead atoms. The van der Waals surface area contributed by atoms with Crippen LogP contribution in [-0.4, -0.2) is 49.5 Å². The molecule has 2 aromatic heterocycles. The fraction of sp³-hybridized carbons (Fsp3) is 0.441. The number of ketones is 1. The molecule has 1 saturated carbocycles. The van der Waals surface area contributed by atoms with Gasteiger partial charge in [-0.05, 0) is 93.7 Å². The zero-order valence-electron chi connectivity index (χ0n) is 25.0. The number of fused-ring (bicyclic) bond motifs is 1. The number of anilines is 1. The standard InChI is InChI=1S/C34H41ClN4O2S/c1-5-41-30-17-14-23(26-20-37-34(38-21-26)39(3)4)18-25(30)11-10-24(22-12-15-27(36-2)16-13-22)19-29(40)33-32(35)28-8-6-7-9-31(28)42-33/h6-9,14,17-18,20-22,24,27,36H,5,10-13,15-16,19H2,1-4H3/t22?,24-,27?/m0/s1. The number of halogens is 1. The van der Waals surface area contributed by atoms with Crippen molar-refractivity contribution in [1.82, 2.24) is 15.3 Å². The highest BCUT2D eigenvalue weighted by Gasteiger charge is 2.30. The van der Waals surface area contributed by atoms with Gasteiger partial charge < -0.3 is 15.0 Å². The molecule has 0 spiro atoms. The van der Waals surface area contributed by atoms with E-state index in [1.54, 1.807) is 0 Å². The maximum atomic E-state index is 13.8. The highest BCUT2D eigenvalue weighted by atomic mass is 35.5. The summed E-state index contributed by atoms with van der Waals surface area (Å²) in [5, 5.41) is 5.03. The number of thiophene rings is 1. The Morgan fingerprint density at radius 3 is 2.50 bits per heavy atom. The molecule has 0 radical (unpaired) electrons. The number of nitrogens with one attached hydrogen (secondary N) is 1. The molecule has 5 rings (SSSR count). The summed E-state index contributed by atoms with van der Waals surface area (Å²) < 4.78 is 7.12. The molecule has 0 unspecified atom stereocenters. The molecule has 6 nitrogen and oxygen atoms in total. The Hall–Kier alpha value is -3.00. The minimum Gasteiger partial charge on any atom is -0.494 e. The van der Waals surface area contributed by atoms with E-state index in [0.717, 1.165) is 71.1 Å². The second-order valence-electron chi connectivity index (χ2n) is 11.5. The van der Waals surface area contributed by atoms with Crippen molar-refractivity contribution >= 4 is 44.8 Å². The van der Waals surface area contributed by atoms with Gasteiger partial charge in [-0.2, -0.15) is 0 Å². The maximum absolute atomic E-state index is 13.8. The number of carbonyl (C=O) groups excluding carboxylic acids is 1. The lowest BCUT2D eigenvalue weighted by Gasteiger charge is -2.34. The summed E-state index contributed by atoms with van der Waals surface area (Å²) in [6.45, 7) is 2.62. The van der Waals surface area contributed by atoms with E-state index in [-0.39, 0.29) is 11.7 Å². The number of Topliss-reactive ketones (excluding diaryl/α,β-unsaturated/α-hetero) is 1. The fourth-order valence-electron chi connectivity index (χ4n) is 6.20. The highest BCUT2D eigenvalue weighted by molar-refractivity contribution is 7.21. The summed E-state index contributed by atoms with van der Waals surface area (Å²) >= 11 is 8.27. The SMILES string of the molecule is CCOc1ccc(-c2cnc(N(C)C)nc2)cc1CC[C@@H](CC(=O)c1sc2ccccc2c1Cl)C1CCC(NC)CC1. The van der Waals surface area contributed by atoms with E-state index in [2.05, 4.69) is 40.5 Å². The lowest BCUT2D eigenvalue weighted by Crippen LogP contribution is -2.33. The zero-order chi connectivity index (χ0) is 29.6. The largest absolute Gasteiger partial charge is 0.494 e. The van der Waals surface area contributed by atoms with Gasteiger partial charge in [0.25, 0.3) is 0 Å². The number of aryl methyl sites for hydroxylation is 1. The number of hydrogen-bond acceptors (Lipinski definition) is 7. The third-order valence-electron chi connectivity index (χ3n) is 8.60. The van der Waals surface area contributed by atoms with Crippen LogP contribution in [0, 0.1) is 11.8 Å². The fourth-order valence-corrected chi connectivity index (χ4v) is 7.69. The predicted octanol–water partition coefficient (Wildman–Crippen LogP) is 8.08. The first-order valence-electron chi connectivity index (χ1n) is 15.0. The number of benzene rings is 2. The van der Waals surface area contributed by atoms with Crippen LogP contribution >= 0.6 is 22.9 Å². The Morgan fingerprint density at radius 2 is 1.83 bits per heavy atom. The van der Waals surface area contributed by atoms with Crippen molar-refractivity contribution in [2.24, 2.45) is 11.8 Å². The highest BCUT2D eigenvalue weighted by Crippen LogP contribution is 2.40. The van der Waals surface area contributed by atoms with Crippen molar-refractivity contribution in [3.8, 4) is 16.9 Å². The summed E-state index contributed by atoms with van der Waals surface area (Å²) in [6, 6.07) is 14.9. The van der Waals surface area contributed by atoms with Gasteiger partial charge in [-0.15, -0.1) is 11.3 Å². The first-order valence-corrected chi connectivity index (χ1v) is 16.2. The maximum Gasteiger partial charge on any atom is 0.224 e. The summed E-state index contributed by atoms with van der Waals surface area (Å²) in [5.74, 6) is 2.54. The van der Waals surface area contributed by atoms with Gasteiger partial charge in [0.05, 0.1) is 16.5 Å². The molecule has 2 heterocycles. The molecule has 0 aliphatic heterocycles. The molecule has 42 heavy (non-hydrogen) atoms. The van der Waals surface area contributed by atoms with Crippen LogP contribution in [0.25, 0.3) is 21.2 Å². The monoisotopic (exact) mass is 604 g/mol. The Bertz CT molecular complexity index is 1500. The van der Waals surface area contributed by atoms with E-state index in [0.29, 0.717) is 40.8 Å². The number of hydrogen-bond donors (Lipinski definition) is 1. The van der Waals surface area contributed by atoms with Gasteiger partial charge in [0, 0.05) is 54.6 Å². The molecule has 1 aliphatic rings. The molecule has 8 heteroatoms. The van der Waals surface area contributed by atoms with E-state index < -0.39 is 0 Å². The summed E-state index contributed by atoms with van der Waals surface area (Å²) in [5.41, 5.74) is 3.20. The molecule has 1 atom stereocenters. The van der Waals surface area contributed by atoms with E-state index in [9.17, 15) is 4.79 Å². The van der Waals surface area contributed by atoms with Crippen LogP contribution in [0.3, 0.4) is 0 Å². The van der Waals surface area contributed by atoms with E-state index >= 15 is 0 Å². The molecule has 222 valence electrons. The van der Waals surface area contributed by atoms with Crippen LogP contribution in [-0.2, 0) is 6.42 Å². The second-order valence-corrected chi connectivity index (χ2v) is 12.9. The van der Waals surface area contributed by atoms with Crippen molar-refractivity contribution in [2.75, 3.05) is 32.6 Å². The van der Waals surface area contributed by atoms with Crippen molar-refractivity contribution in [2.45, 2.75) is 57.9 Å². The van der Waals surface area contributed by atoms with Gasteiger partial charge in [-0.3, -0.25) is 4.79 Å². The minimum atomic E-state index is 0.166. The Labute approximate surface area is 258 Å². The Morgan fingerprint density at radius 1 is 1.10 bits per heavy atom. The van der Waals surface area contributed by atoms with Crippen LogP contribution in [0.5, 0.6) is 5.75 Å². The van der Waals surface area contributed by atoms with Crippen molar-refractivity contribution in [3.63, 3.8) is 0 Å². The van der Waals surface area contributed by atoms with Gasteiger partial charge in [0.2, 0.25) is 5.95 Å². The molecule has 1 N–H and O–H groups in total. The van der Waals surface area contributed by atoms with Crippen LogP contribution in [0.2, 0.25) is 5.02 Å². The number of ether oxygens (including phenoxy) is 1. The smallest absolute Gasteiger partial charge is 0.224 e. The predicted molar refractivity (Wildman–Crippen MR) is 175 cm³/mol.